The third-order valence-electron chi connectivity index (χ3n) is 5.39. The maximum atomic E-state index is 14.5. The van der Waals surface area contributed by atoms with Gasteiger partial charge in [0.2, 0.25) is 0 Å². The molecular formula is C25H18ClFN2O4. The number of aromatic hydroxyl groups is 1. The van der Waals surface area contributed by atoms with E-state index in [0.717, 1.165) is 0 Å². The fourth-order valence-corrected chi connectivity index (χ4v) is 4.03. The van der Waals surface area contributed by atoms with Gasteiger partial charge in [0, 0.05) is 5.56 Å². The number of nitrogens with zero attached hydrogens (tertiary/aromatic N) is 1. The van der Waals surface area contributed by atoms with Crippen molar-refractivity contribution in [2.45, 2.75) is 19.4 Å². The molecule has 0 spiro atoms. The smallest absolute Gasteiger partial charge is 0.343 e. The summed E-state index contributed by atoms with van der Waals surface area (Å²) in [7, 11) is 0. The first-order chi connectivity index (χ1) is 15.7. The normalized spacial score (nSPS) is 13.6. The minimum absolute atomic E-state index is 0.0741. The van der Waals surface area contributed by atoms with Crippen LogP contribution in [0.2, 0.25) is 5.02 Å². The quantitative estimate of drug-likeness (QED) is 0.283. The van der Waals surface area contributed by atoms with E-state index in [1.54, 1.807) is 24.3 Å². The van der Waals surface area contributed by atoms with Crippen molar-refractivity contribution in [3.8, 4) is 39.9 Å². The van der Waals surface area contributed by atoms with Crippen molar-refractivity contribution in [2.75, 3.05) is 0 Å². The maximum Gasteiger partial charge on any atom is 0.343 e. The fourth-order valence-electron chi connectivity index (χ4n) is 3.78. The zero-order valence-electron chi connectivity index (χ0n) is 17.6. The first kappa shape index (κ1) is 21.0. The molecule has 1 aliphatic heterocycles. The second-order valence-corrected chi connectivity index (χ2v) is 8.52. The number of phenols is 1. The lowest BCUT2D eigenvalue weighted by Gasteiger charge is -2.31. The first-order valence-corrected chi connectivity index (χ1v) is 10.5. The highest BCUT2D eigenvalue weighted by molar-refractivity contribution is 6.33. The molecule has 166 valence electrons. The zero-order chi connectivity index (χ0) is 23.3. The van der Waals surface area contributed by atoms with E-state index in [9.17, 15) is 14.3 Å². The third kappa shape index (κ3) is 3.70. The molecule has 0 aliphatic carbocycles. The van der Waals surface area contributed by atoms with Crippen LogP contribution < -0.4 is 9.47 Å². The fraction of sp³-hybridized carbons (Fsp3) is 0.120. The van der Waals surface area contributed by atoms with E-state index in [1.807, 2.05) is 13.8 Å². The van der Waals surface area contributed by atoms with Crippen LogP contribution >= 0.6 is 11.6 Å². The van der Waals surface area contributed by atoms with Crippen LogP contribution in [0.3, 0.4) is 0 Å². The van der Waals surface area contributed by atoms with Crippen LogP contribution in [-0.2, 0) is 5.60 Å². The van der Waals surface area contributed by atoms with E-state index in [1.165, 1.54) is 36.4 Å². The molecule has 0 atom stereocenters. The van der Waals surface area contributed by atoms with Gasteiger partial charge in [-0.15, -0.1) is 0 Å². The van der Waals surface area contributed by atoms with Gasteiger partial charge in [-0.25, -0.2) is 14.2 Å². The van der Waals surface area contributed by atoms with Gasteiger partial charge in [0.1, 0.15) is 34.5 Å². The van der Waals surface area contributed by atoms with Crippen molar-refractivity contribution < 1.29 is 23.8 Å². The molecule has 3 aromatic carbocycles. The van der Waals surface area contributed by atoms with Gasteiger partial charge in [-0.05, 0) is 68.4 Å². The summed E-state index contributed by atoms with van der Waals surface area (Å²) >= 11 is 6.23. The molecule has 0 saturated heterocycles. The lowest BCUT2D eigenvalue weighted by molar-refractivity contribution is 0.0730. The Bertz CT molecular complexity index is 1380. The summed E-state index contributed by atoms with van der Waals surface area (Å²) in [6.07, 6.45) is 0. The molecule has 1 aromatic heterocycles. The summed E-state index contributed by atoms with van der Waals surface area (Å²) in [5.74, 6) is 0.0630. The summed E-state index contributed by atoms with van der Waals surface area (Å²) < 4.78 is 26.0. The number of aromatic amines is 1. The number of fused-ring (bicyclic) bond motifs is 3. The molecule has 1 aliphatic rings. The Kier molecular flexibility index (Phi) is 4.87. The number of esters is 1. The molecule has 0 radical (unpaired) electrons. The third-order valence-corrected chi connectivity index (χ3v) is 5.71. The number of H-pyrrole nitrogens is 1. The molecule has 6 nitrogen and oxygen atoms in total. The Morgan fingerprint density at radius 2 is 1.91 bits per heavy atom. The Morgan fingerprint density at radius 1 is 1.15 bits per heavy atom. The molecule has 8 heteroatoms. The number of nitrogens with one attached hydrogen (secondary N) is 1. The molecule has 2 N–H and O–H groups in total. The van der Waals surface area contributed by atoms with Gasteiger partial charge >= 0.3 is 5.97 Å². The zero-order valence-corrected chi connectivity index (χ0v) is 18.4. The molecule has 33 heavy (non-hydrogen) atoms. The number of aromatic nitrogens is 2. The standard InChI is InChI=1S/C25H18ClFN2O4/c1-25(2)22-21(28-23(29-22)20-17(26)4-3-5-18(20)27)16-11-6-13(12-19(16)33-25)24(31)32-15-9-7-14(30)8-10-15/h3-12,30H,1-2H3,(H,28,29). The molecular weight excluding hydrogens is 447 g/mol. The predicted molar refractivity (Wildman–Crippen MR) is 121 cm³/mol. The molecule has 2 heterocycles. The van der Waals surface area contributed by atoms with Crippen molar-refractivity contribution >= 4 is 17.6 Å². The number of hydrogen-bond donors (Lipinski definition) is 2. The summed E-state index contributed by atoms with van der Waals surface area (Å²) in [6, 6.07) is 15.2. The highest BCUT2D eigenvalue weighted by Crippen LogP contribution is 2.45. The van der Waals surface area contributed by atoms with Gasteiger partial charge in [-0.1, -0.05) is 17.7 Å². The SMILES string of the molecule is CC1(C)Oc2cc(C(=O)Oc3ccc(O)cc3)ccc2-c2nc(-c3c(F)cccc3Cl)[nH]c21. The van der Waals surface area contributed by atoms with Gasteiger partial charge < -0.3 is 19.6 Å². The van der Waals surface area contributed by atoms with Crippen LogP contribution in [0.5, 0.6) is 17.2 Å². The maximum absolute atomic E-state index is 14.5. The molecule has 0 unspecified atom stereocenters. The van der Waals surface area contributed by atoms with E-state index >= 15 is 0 Å². The average molecular weight is 465 g/mol. The van der Waals surface area contributed by atoms with Crippen LogP contribution in [0.4, 0.5) is 4.39 Å². The number of hydrogen-bond acceptors (Lipinski definition) is 5. The predicted octanol–water partition coefficient (Wildman–Crippen LogP) is 6.09. The highest BCUT2D eigenvalue weighted by atomic mass is 35.5. The molecule has 0 bridgehead atoms. The minimum Gasteiger partial charge on any atom is -0.508 e. The summed E-state index contributed by atoms with van der Waals surface area (Å²) in [5.41, 5.74) is 1.55. The Labute approximate surface area is 193 Å². The number of carbonyl (C=O) groups is 1. The highest BCUT2D eigenvalue weighted by Gasteiger charge is 2.37. The van der Waals surface area contributed by atoms with Crippen molar-refractivity contribution in [3.05, 3.63) is 82.8 Å². The number of halogens is 2. The minimum atomic E-state index is -0.829. The first-order valence-electron chi connectivity index (χ1n) is 10.1. The van der Waals surface area contributed by atoms with Crippen molar-refractivity contribution in [2.24, 2.45) is 0 Å². The summed E-state index contributed by atoms with van der Waals surface area (Å²) in [4.78, 5) is 20.4. The van der Waals surface area contributed by atoms with Crippen LogP contribution in [0.1, 0.15) is 29.9 Å². The van der Waals surface area contributed by atoms with E-state index in [4.69, 9.17) is 21.1 Å². The number of rotatable bonds is 3. The van der Waals surface area contributed by atoms with E-state index < -0.39 is 17.4 Å². The van der Waals surface area contributed by atoms with Crippen molar-refractivity contribution in [1.29, 1.82) is 0 Å². The number of ether oxygens (including phenoxy) is 2. The number of imidazole rings is 1. The van der Waals surface area contributed by atoms with Gasteiger partial charge in [-0.2, -0.15) is 0 Å². The molecule has 0 amide bonds. The average Bonchev–Trinajstić information content (AvgIpc) is 3.21. The lowest BCUT2D eigenvalue weighted by atomic mass is 9.94. The van der Waals surface area contributed by atoms with Crippen LogP contribution in [0.15, 0.2) is 60.7 Å². The topological polar surface area (TPSA) is 84.4 Å². The van der Waals surface area contributed by atoms with Crippen molar-refractivity contribution in [3.63, 3.8) is 0 Å². The van der Waals surface area contributed by atoms with Gasteiger partial charge in [0.25, 0.3) is 0 Å². The Hall–Kier alpha value is -3.84. The molecule has 0 saturated carbocycles. The number of phenolic OH excluding ortho intramolecular Hbond substituents is 1. The largest absolute Gasteiger partial charge is 0.508 e. The van der Waals surface area contributed by atoms with Crippen LogP contribution in [-0.4, -0.2) is 21.0 Å². The Morgan fingerprint density at radius 3 is 2.64 bits per heavy atom. The molecule has 5 rings (SSSR count). The summed E-state index contributed by atoms with van der Waals surface area (Å²) in [6.45, 7) is 3.70. The van der Waals surface area contributed by atoms with Crippen LogP contribution in [0.25, 0.3) is 22.6 Å². The van der Waals surface area contributed by atoms with Gasteiger partial charge in [0.05, 0.1) is 27.5 Å². The second-order valence-electron chi connectivity index (χ2n) is 8.11. The van der Waals surface area contributed by atoms with Crippen LogP contribution in [0, 0.1) is 5.82 Å². The Balaban J connectivity index is 1.53. The number of carbonyl (C=O) groups excluding carboxylic acids is 1. The van der Waals surface area contributed by atoms with Crippen molar-refractivity contribution in [1.82, 2.24) is 9.97 Å². The summed E-state index contributed by atoms with van der Waals surface area (Å²) in [5, 5.41) is 9.62. The van der Waals surface area contributed by atoms with Gasteiger partial charge in [-0.3, -0.25) is 0 Å². The number of benzene rings is 3. The lowest BCUT2D eigenvalue weighted by Crippen LogP contribution is -2.29. The second kappa shape index (κ2) is 7.64. The molecule has 0 fully saturated rings. The van der Waals surface area contributed by atoms with E-state index in [2.05, 4.69) is 9.97 Å². The monoisotopic (exact) mass is 464 g/mol. The van der Waals surface area contributed by atoms with Gasteiger partial charge in [0.15, 0.2) is 0 Å². The molecule has 4 aromatic rings. The van der Waals surface area contributed by atoms with E-state index in [-0.39, 0.29) is 21.9 Å². The van der Waals surface area contributed by atoms with E-state index in [0.29, 0.717) is 34.3 Å².